The summed E-state index contributed by atoms with van der Waals surface area (Å²) >= 11 is 6.70. The second-order valence-electron chi connectivity index (χ2n) is 9.42. The molecule has 7 nitrogen and oxygen atoms in total. The number of halogens is 1. The fourth-order valence-corrected chi connectivity index (χ4v) is 4.16. The summed E-state index contributed by atoms with van der Waals surface area (Å²) in [6.45, 7) is 10.2. The molecule has 0 radical (unpaired) electrons. The van der Waals surface area contributed by atoms with Crippen LogP contribution >= 0.6 is 11.6 Å². The number of hydrogen-bond donors (Lipinski definition) is 1. The highest BCUT2D eigenvalue weighted by Crippen LogP contribution is 2.34. The summed E-state index contributed by atoms with van der Waals surface area (Å²) in [6.07, 6.45) is 5.50. The number of aliphatic hydroxyl groups is 1. The fraction of sp³-hybridized carbons (Fsp3) is 0.321. The molecule has 1 aromatic carbocycles. The van der Waals surface area contributed by atoms with Gasteiger partial charge in [0.15, 0.2) is 5.82 Å². The van der Waals surface area contributed by atoms with Crippen molar-refractivity contribution in [1.82, 2.24) is 15.0 Å². The van der Waals surface area contributed by atoms with E-state index in [1.165, 1.54) is 0 Å². The van der Waals surface area contributed by atoms with Gasteiger partial charge in [0.1, 0.15) is 23.7 Å². The molecule has 0 unspecified atom stereocenters. The lowest BCUT2D eigenvalue weighted by atomic mass is 10.1. The number of methoxy groups -OCH3 is 1. The maximum Gasteiger partial charge on any atom is 0.160 e. The standard InChI is InChI=1S/C28H31ClN4O3/c1-17-13-30-23(26-18(2)14-31-27(32-26)28(4,5)34)12-24(17)33-15-22(29)25(10-19(33)3)36-16-20-8-7-9-21(11-20)35-6/h7-14,34H,15-16H2,1-6H3. The van der Waals surface area contributed by atoms with Gasteiger partial charge >= 0.3 is 0 Å². The summed E-state index contributed by atoms with van der Waals surface area (Å²) in [4.78, 5) is 15.7. The first-order valence-corrected chi connectivity index (χ1v) is 12.1. The number of aromatic nitrogens is 3. The minimum atomic E-state index is -1.15. The van der Waals surface area contributed by atoms with E-state index in [0.717, 1.165) is 33.8 Å². The van der Waals surface area contributed by atoms with E-state index in [1.54, 1.807) is 27.2 Å². The van der Waals surface area contributed by atoms with E-state index in [1.807, 2.05) is 63.4 Å². The third-order valence-electron chi connectivity index (χ3n) is 5.99. The molecule has 0 saturated heterocycles. The normalized spacial score (nSPS) is 14.1. The molecule has 0 saturated carbocycles. The molecule has 0 amide bonds. The smallest absolute Gasteiger partial charge is 0.160 e. The van der Waals surface area contributed by atoms with Gasteiger partial charge < -0.3 is 19.5 Å². The molecule has 0 atom stereocenters. The number of rotatable bonds is 7. The van der Waals surface area contributed by atoms with Gasteiger partial charge in [-0.3, -0.25) is 4.98 Å². The molecule has 1 aliphatic heterocycles. The highest BCUT2D eigenvalue weighted by Gasteiger charge is 2.24. The third-order valence-corrected chi connectivity index (χ3v) is 6.29. The summed E-state index contributed by atoms with van der Waals surface area (Å²) < 4.78 is 11.3. The number of hydrogen-bond acceptors (Lipinski definition) is 7. The molecule has 4 rings (SSSR count). The zero-order valence-corrected chi connectivity index (χ0v) is 22.2. The number of allylic oxidation sites excluding steroid dienone is 2. The van der Waals surface area contributed by atoms with E-state index in [9.17, 15) is 5.11 Å². The molecule has 0 fully saturated rings. The molecule has 0 bridgehead atoms. The van der Waals surface area contributed by atoms with Crippen LogP contribution in [0.5, 0.6) is 5.75 Å². The number of benzene rings is 1. The van der Waals surface area contributed by atoms with Crippen LogP contribution in [-0.4, -0.2) is 33.7 Å². The quantitative estimate of drug-likeness (QED) is 0.435. The van der Waals surface area contributed by atoms with Crippen molar-refractivity contribution < 1.29 is 14.6 Å². The summed E-state index contributed by atoms with van der Waals surface area (Å²) in [5.41, 5.74) is 5.09. The first kappa shape index (κ1) is 25.7. The van der Waals surface area contributed by atoms with Crippen LogP contribution < -0.4 is 9.64 Å². The Morgan fingerprint density at radius 3 is 2.56 bits per heavy atom. The molecule has 2 aromatic heterocycles. The molecule has 188 valence electrons. The van der Waals surface area contributed by atoms with Crippen molar-refractivity contribution in [3.8, 4) is 17.1 Å². The molecule has 1 aliphatic rings. The maximum absolute atomic E-state index is 10.4. The summed E-state index contributed by atoms with van der Waals surface area (Å²) in [6, 6.07) is 9.77. The number of ether oxygens (including phenoxy) is 2. The summed E-state index contributed by atoms with van der Waals surface area (Å²) in [7, 11) is 1.64. The zero-order chi connectivity index (χ0) is 26.0. The Hall–Kier alpha value is -3.42. The SMILES string of the molecule is COc1cccc(COC2=C(Cl)CN(c3cc(-c4nc(C(C)(C)O)ncc4C)ncc3C)C(C)=C2)c1. The van der Waals surface area contributed by atoms with Crippen molar-refractivity contribution in [3.63, 3.8) is 0 Å². The van der Waals surface area contributed by atoms with E-state index in [0.29, 0.717) is 41.2 Å². The average Bonchev–Trinajstić information content (AvgIpc) is 2.84. The van der Waals surface area contributed by atoms with E-state index in [2.05, 4.69) is 19.9 Å². The van der Waals surface area contributed by atoms with Crippen LogP contribution in [0.4, 0.5) is 5.69 Å². The fourth-order valence-electron chi connectivity index (χ4n) is 3.94. The van der Waals surface area contributed by atoms with Crippen molar-refractivity contribution >= 4 is 17.3 Å². The van der Waals surface area contributed by atoms with Crippen LogP contribution in [-0.2, 0) is 16.9 Å². The van der Waals surface area contributed by atoms with Crippen LogP contribution in [0.3, 0.4) is 0 Å². The van der Waals surface area contributed by atoms with Crippen molar-refractivity contribution in [2.45, 2.75) is 46.8 Å². The van der Waals surface area contributed by atoms with Gasteiger partial charge in [0.25, 0.3) is 0 Å². The Morgan fingerprint density at radius 1 is 1.08 bits per heavy atom. The van der Waals surface area contributed by atoms with Gasteiger partial charge in [-0.25, -0.2) is 9.97 Å². The maximum atomic E-state index is 10.4. The van der Waals surface area contributed by atoms with Gasteiger partial charge in [-0.05, 0) is 69.5 Å². The zero-order valence-electron chi connectivity index (χ0n) is 21.5. The summed E-state index contributed by atoms with van der Waals surface area (Å²) in [5.74, 6) is 1.79. The van der Waals surface area contributed by atoms with Crippen LogP contribution in [0.25, 0.3) is 11.4 Å². The largest absolute Gasteiger partial charge is 0.497 e. The van der Waals surface area contributed by atoms with Gasteiger partial charge in [-0.2, -0.15) is 0 Å². The van der Waals surface area contributed by atoms with E-state index in [4.69, 9.17) is 21.1 Å². The first-order chi connectivity index (χ1) is 17.1. The lowest BCUT2D eigenvalue weighted by Gasteiger charge is -2.31. The highest BCUT2D eigenvalue weighted by atomic mass is 35.5. The molecule has 3 heterocycles. The Labute approximate surface area is 217 Å². The molecule has 0 spiro atoms. The van der Waals surface area contributed by atoms with Gasteiger partial charge in [0.2, 0.25) is 0 Å². The number of anilines is 1. The molecule has 36 heavy (non-hydrogen) atoms. The number of pyridine rings is 1. The van der Waals surface area contributed by atoms with Crippen molar-refractivity contribution in [2.75, 3.05) is 18.6 Å². The molecule has 1 N–H and O–H groups in total. The average molecular weight is 507 g/mol. The van der Waals surface area contributed by atoms with Gasteiger partial charge in [-0.15, -0.1) is 0 Å². The number of aryl methyl sites for hydroxylation is 2. The molecule has 0 aliphatic carbocycles. The van der Waals surface area contributed by atoms with Crippen molar-refractivity contribution in [2.24, 2.45) is 0 Å². The molecule has 3 aromatic rings. The Kier molecular flexibility index (Phi) is 7.33. The van der Waals surface area contributed by atoms with Gasteiger partial charge in [0, 0.05) is 29.9 Å². The van der Waals surface area contributed by atoms with Crippen LogP contribution in [0.1, 0.15) is 43.3 Å². The van der Waals surface area contributed by atoms with Crippen LogP contribution in [0.2, 0.25) is 0 Å². The second-order valence-corrected chi connectivity index (χ2v) is 9.88. The number of nitrogens with zero attached hydrogens (tertiary/aromatic N) is 4. The lowest BCUT2D eigenvalue weighted by Crippen LogP contribution is -2.27. The van der Waals surface area contributed by atoms with E-state index in [-0.39, 0.29) is 0 Å². The molecule has 8 heteroatoms. The second kappa shape index (κ2) is 10.3. The first-order valence-electron chi connectivity index (χ1n) is 11.7. The minimum Gasteiger partial charge on any atom is -0.497 e. The summed E-state index contributed by atoms with van der Waals surface area (Å²) in [5, 5.41) is 11.0. The molecular formula is C28H31ClN4O3. The predicted octanol–water partition coefficient (Wildman–Crippen LogP) is 5.78. The minimum absolute atomic E-state index is 0.352. The highest BCUT2D eigenvalue weighted by molar-refractivity contribution is 6.30. The van der Waals surface area contributed by atoms with E-state index < -0.39 is 5.60 Å². The van der Waals surface area contributed by atoms with Crippen molar-refractivity contribution in [1.29, 1.82) is 0 Å². The van der Waals surface area contributed by atoms with Crippen LogP contribution in [0.15, 0.2) is 65.3 Å². The van der Waals surface area contributed by atoms with Crippen LogP contribution in [0, 0.1) is 13.8 Å². The topological polar surface area (TPSA) is 80.6 Å². The Balaban J connectivity index is 1.59. The van der Waals surface area contributed by atoms with E-state index >= 15 is 0 Å². The lowest BCUT2D eigenvalue weighted by molar-refractivity contribution is 0.0688. The molecular weight excluding hydrogens is 476 g/mol. The van der Waals surface area contributed by atoms with Crippen molar-refractivity contribution in [3.05, 3.63) is 87.8 Å². The monoisotopic (exact) mass is 506 g/mol. The Morgan fingerprint density at radius 2 is 1.83 bits per heavy atom. The Bertz CT molecular complexity index is 1340. The van der Waals surface area contributed by atoms with Gasteiger partial charge in [-0.1, -0.05) is 23.7 Å². The van der Waals surface area contributed by atoms with Gasteiger partial charge in [0.05, 0.1) is 30.1 Å². The predicted molar refractivity (Wildman–Crippen MR) is 142 cm³/mol. The third kappa shape index (κ3) is 5.53.